The summed E-state index contributed by atoms with van der Waals surface area (Å²) in [5, 5.41) is 0.500. The monoisotopic (exact) mass is 445 g/mol. The van der Waals surface area contributed by atoms with Crippen LogP contribution in [0.2, 0.25) is 0 Å². The van der Waals surface area contributed by atoms with E-state index in [1.807, 2.05) is 30.3 Å². The first-order chi connectivity index (χ1) is 13.1. The van der Waals surface area contributed by atoms with Crippen molar-refractivity contribution in [3.8, 4) is 5.75 Å². The Bertz CT molecular complexity index is 1080. The minimum atomic E-state index is -0.615. The second-order valence-electron chi connectivity index (χ2n) is 6.09. The number of nitrogens with zero attached hydrogens (tertiary/aromatic N) is 1. The van der Waals surface area contributed by atoms with Crippen molar-refractivity contribution < 1.29 is 13.9 Å². The second-order valence-corrected chi connectivity index (χ2v) is 8.20. The number of carbonyl (C=O) groups excluding carboxylic acids is 1. The lowest BCUT2D eigenvalue weighted by atomic mass is 10.1. The van der Waals surface area contributed by atoms with Gasteiger partial charge in [0, 0.05) is 27.7 Å². The molecule has 138 valence electrons. The highest BCUT2D eigenvalue weighted by molar-refractivity contribution is 9.10. The standard InChI is InChI=1S/C20H16BrNO4S/c1-25-17-7-6-13(21)11-14(17)19-22(8-9-27-19)18(23)15-10-12-4-2-3-5-16(12)26-20(15)24/h2-7,10-11,19H,8-9H2,1H3/t19-/m1/s1. The number of rotatable bonds is 3. The quantitative estimate of drug-likeness (QED) is 0.557. The second kappa shape index (κ2) is 7.40. The maximum absolute atomic E-state index is 13.2. The van der Waals surface area contributed by atoms with Gasteiger partial charge in [-0.3, -0.25) is 4.79 Å². The Kier molecular flexibility index (Phi) is 4.97. The molecule has 3 aromatic rings. The van der Waals surface area contributed by atoms with Crippen molar-refractivity contribution in [3.05, 3.63) is 74.6 Å². The van der Waals surface area contributed by atoms with Crippen molar-refractivity contribution in [2.24, 2.45) is 0 Å². The van der Waals surface area contributed by atoms with Crippen molar-refractivity contribution in [1.82, 2.24) is 4.90 Å². The van der Waals surface area contributed by atoms with Gasteiger partial charge in [-0.2, -0.15) is 0 Å². The number of methoxy groups -OCH3 is 1. The van der Waals surface area contributed by atoms with Crippen LogP contribution in [-0.2, 0) is 0 Å². The van der Waals surface area contributed by atoms with Crippen LogP contribution in [0, 0.1) is 0 Å². The predicted molar refractivity (Wildman–Crippen MR) is 109 cm³/mol. The molecule has 1 atom stereocenters. The number of carbonyl (C=O) groups is 1. The van der Waals surface area contributed by atoms with Gasteiger partial charge in [0.15, 0.2) is 0 Å². The van der Waals surface area contributed by atoms with E-state index >= 15 is 0 Å². The highest BCUT2D eigenvalue weighted by atomic mass is 79.9. The van der Waals surface area contributed by atoms with Gasteiger partial charge < -0.3 is 14.1 Å². The van der Waals surface area contributed by atoms with Gasteiger partial charge >= 0.3 is 5.63 Å². The zero-order chi connectivity index (χ0) is 19.0. The molecule has 1 aliphatic rings. The van der Waals surface area contributed by atoms with Crippen LogP contribution in [0.4, 0.5) is 0 Å². The van der Waals surface area contributed by atoms with Crippen LogP contribution in [0.1, 0.15) is 21.3 Å². The molecule has 0 radical (unpaired) electrons. The minimum absolute atomic E-state index is 0.0511. The van der Waals surface area contributed by atoms with Gasteiger partial charge in [-0.05, 0) is 30.3 Å². The Morgan fingerprint density at radius 1 is 1.26 bits per heavy atom. The average molecular weight is 446 g/mol. The number of benzene rings is 2. The molecule has 0 saturated carbocycles. The summed E-state index contributed by atoms with van der Waals surface area (Å²) < 4.78 is 11.7. The van der Waals surface area contributed by atoms with E-state index in [2.05, 4.69) is 15.9 Å². The van der Waals surface area contributed by atoms with Gasteiger partial charge in [0.25, 0.3) is 5.91 Å². The van der Waals surface area contributed by atoms with E-state index in [4.69, 9.17) is 9.15 Å². The summed E-state index contributed by atoms with van der Waals surface area (Å²) in [6, 6.07) is 14.5. The van der Waals surface area contributed by atoms with Crippen LogP contribution in [0.3, 0.4) is 0 Å². The molecule has 1 amide bonds. The first kappa shape index (κ1) is 18.1. The minimum Gasteiger partial charge on any atom is -0.496 e. The molecule has 1 aliphatic heterocycles. The number of hydrogen-bond acceptors (Lipinski definition) is 5. The predicted octanol–water partition coefficient (Wildman–Crippen LogP) is 4.45. The lowest BCUT2D eigenvalue weighted by Crippen LogP contribution is -2.33. The van der Waals surface area contributed by atoms with E-state index in [9.17, 15) is 9.59 Å². The van der Waals surface area contributed by atoms with Gasteiger partial charge in [-0.1, -0.05) is 34.1 Å². The van der Waals surface area contributed by atoms with Crippen molar-refractivity contribution in [1.29, 1.82) is 0 Å². The number of amides is 1. The van der Waals surface area contributed by atoms with E-state index in [-0.39, 0.29) is 16.8 Å². The lowest BCUT2D eigenvalue weighted by molar-refractivity contribution is 0.0755. The maximum atomic E-state index is 13.2. The van der Waals surface area contributed by atoms with Gasteiger partial charge in [-0.15, -0.1) is 11.8 Å². The highest BCUT2D eigenvalue weighted by Crippen LogP contribution is 2.43. The fourth-order valence-corrected chi connectivity index (χ4v) is 4.85. The molecular weight excluding hydrogens is 430 g/mol. The van der Waals surface area contributed by atoms with Gasteiger partial charge in [-0.25, -0.2) is 4.79 Å². The molecule has 2 aromatic carbocycles. The molecule has 1 aromatic heterocycles. The molecule has 7 heteroatoms. The van der Waals surface area contributed by atoms with Crippen molar-refractivity contribution in [2.75, 3.05) is 19.4 Å². The fourth-order valence-electron chi connectivity index (χ4n) is 3.20. The smallest absolute Gasteiger partial charge is 0.349 e. The van der Waals surface area contributed by atoms with Crippen LogP contribution in [-0.4, -0.2) is 30.2 Å². The SMILES string of the molecule is COc1ccc(Br)cc1[C@H]1SCCN1C(=O)c1cc2ccccc2oc1=O. The fraction of sp³-hybridized carbons (Fsp3) is 0.200. The Hall–Kier alpha value is -2.25. The number of fused-ring (bicyclic) bond motifs is 1. The topological polar surface area (TPSA) is 59.8 Å². The molecule has 1 fully saturated rings. The Morgan fingerprint density at radius 2 is 2.07 bits per heavy atom. The van der Waals surface area contributed by atoms with Crippen molar-refractivity contribution in [2.45, 2.75) is 5.37 Å². The summed E-state index contributed by atoms with van der Waals surface area (Å²) in [4.78, 5) is 27.3. The summed E-state index contributed by atoms with van der Waals surface area (Å²) in [5.74, 6) is 1.16. The average Bonchev–Trinajstić information content (AvgIpc) is 3.16. The molecule has 2 heterocycles. The molecule has 4 rings (SSSR count). The van der Waals surface area contributed by atoms with E-state index in [0.717, 1.165) is 21.2 Å². The maximum Gasteiger partial charge on any atom is 0.349 e. The number of hydrogen-bond donors (Lipinski definition) is 0. The van der Waals surface area contributed by atoms with Gasteiger partial charge in [0.05, 0.1) is 7.11 Å². The number of ether oxygens (including phenoxy) is 1. The number of thioether (sulfide) groups is 1. The van der Waals surface area contributed by atoms with E-state index in [1.165, 1.54) is 0 Å². The molecule has 27 heavy (non-hydrogen) atoms. The van der Waals surface area contributed by atoms with Crippen LogP contribution in [0.5, 0.6) is 5.75 Å². The molecule has 0 aliphatic carbocycles. The first-order valence-corrected chi connectivity index (χ1v) is 10.2. The Balaban J connectivity index is 1.75. The molecular formula is C20H16BrNO4S. The third-order valence-electron chi connectivity index (χ3n) is 4.48. The van der Waals surface area contributed by atoms with E-state index in [1.54, 1.807) is 42.0 Å². The summed E-state index contributed by atoms with van der Waals surface area (Å²) in [7, 11) is 1.61. The molecule has 1 saturated heterocycles. The largest absolute Gasteiger partial charge is 0.496 e. The zero-order valence-electron chi connectivity index (χ0n) is 14.5. The number of para-hydroxylation sites is 1. The lowest BCUT2D eigenvalue weighted by Gasteiger charge is -2.25. The number of halogens is 1. The van der Waals surface area contributed by atoms with Crippen LogP contribution >= 0.6 is 27.7 Å². The van der Waals surface area contributed by atoms with E-state index in [0.29, 0.717) is 17.9 Å². The van der Waals surface area contributed by atoms with Crippen LogP contribution < -0.4 is 10.4 Å². The molecule has 5 nitrogen and oxygen atoms in total. The molecule has 0 spiro atoms. The summed E-state index contributed by atoms with van der Waals surface area (Å²) in [5.41, 5.74) is 0.804. The molecule has 0 bridgehead atoms. The van der Waals surface area contributed by atoms with Crippen molar-refractivity contribution in [3.63, 3.8) is 0 Å². The van der Waals surface area contributed by atoms with Crippen LogP contribution in [0.25, 0.3) is 11.0 Å². The van der Waals surface area contributed by atoms with Gasteiger partial charge in [0.1, 0.15) is 22.3 Å². The Labute approximate surface area is 168 Å². The third kappa shape index (κ3) is 3.37. The van der Waals surface area contributed by atoms with Crippen LogP contribution in [0.15, 0.2) is 62.2 Å². The van der Waals surface area contributed by atoms with Crippen molar-refractivity contribution >= 4 is 44.6 Å². The zero-order valence-corrected chi connectivity index (χ0v) is 16.9. The summed E-state index contributed by atoms with van der Waals surface area (Å²) in [6.07, 6.45) is 0. The highest BCUT2D eigenvalue weighted by Gasteiger charge is 2.34. The van der Waals surface area contributed by atoms with Gasteiger partial charge in [0.2, 0.25) is 0 Å². The summed E-state index contributed by atoms with van der Waals surface area (Å²) in [6.45, 7) is 0.552. The third-order valence-corrected chi connectivity index (χ3v) is 6.22. The van der Waals surface area contributed by atoms with E-state index < -0.39 is 5.63 Å². The molecule has 0 N–H and O–H groups in total. The molecule has 0 unspecified atom stereocenters. The Morgan fingerprint density at radius 3 is 2.89 bits per heavy atom. The first-order valence-electron chi connectivity index (χ1n) is 8.37. The normalized spacial score (nSPS) is 16.7. The summed E-state index contributed by atoms with van der Waals surface area (Å²) >= 11 is 5.13.